The fraction of sp³-hybridized carbons (Fsp3) is 0.0588. The van der Waals surface area contributed by atoms with Gasteiger partial charge in [-0.25, -0.2) is 9.97 Å². The highest BCUT2D eigenvalue weighted by atomic mass is 32.2. The third kappa shape index (κ3) is 2.81. The van der Waals surface area contributed by atoms with Crippen molar-refractivity contribution in [3.8, 4) is 0 Å². The molecule has 0 unspecified atom stereocenters. The summed E-state index contributed by atoms with van der Waals surface area (Å²) in [7, 11) is 0. The number of nitrogens with zero attached hydrogens (tertiary/aromatic N) is 4. The van der Waals surface area contributed by atoms with Gasteiger partial charge in [0.15, 0.2) is 17.0 Å². The summed E-state index contributed by atoms with van der Waals surface area (Å²) in [4.78, 5) is 17.9. The molecular weight excluding hydrogens is 320 g/mol. The van der Waals surface area contributed by atoms with E-state index in [-0.39, 0.29) is 11.8 Å². The molecule has 0 atom stereocenters. The summed E-state index contributed by atoms with van der Waals surface area (Å²) < 4.78 is 0. The topological polar surface area (TPSA) is 104 Å². The number of benzene rings is 2. The maximum absolute atomic E-state index is 5.86. The van der Waals surface area contributed by atoms with E-state index in [2.05, 4.69) is 50.3 Å². The van der Waals surface area contributed by atoms with E-state index in [1.807, 2.05) is 12.1 Å². The number of nitrogen functional groups attached to an aromatic ring is 2. The van der Waals surface area contributed by atoms with Gasteiger partial charge < -0.3 is 11.5 Å². The molecule has 0 amide bonds. The smallest absolute Gasteiger partial charge is 0.224 e. The second kappa shape index (κ2) is 5.93. The van der Waals surface area contributed by atoms with Crippen LogP contribution in [0.3, 0.4) is 0 Å². The van der Waals surface area contributed by atoms with E-state index in [1.165, 1.54) is 15.7 Å². The standard InChI is InChI=1S/C17H14N6S/c18-15-14-16(23-17(19)22-15)20-8-12(21-14)9-24-13-6-5-10-3-1-2-4-11(10)7-13/h1-8H,9H2,(H4,18,19,20,22,23). The maximum Gasteiger partial charge on any atom is 0.224 e. The van der Waals surface area contributed by atoms with Gasteiger partial charge in [-0.05, 0) is 22.9 Å². The van der Waals surface area contributed by atoms with Crippen molar-refractivity contribution in [2.24, 2.45) is 0 Å². The minimum absolute atomic E-state index is 0.104. The molecule has 0 aliphatic heterocycles. The van der Waals surface area contributed by atoms with E-state index in [0.717, 1.165) is 5.69 Å². The molecule has 0 saturated heterocycles. The molecule has 2 heterocycles. The molecule has 118 valence electrons. The van der Waals surface area contributed by atoms with Crippen LogP contribution in [0.1, 0.15) is 5.69 Å². The second-order valence-corrected chi connectivity index (χ2v) is 6.35. The van der Waals surface area contributed by atoms with Gasteiger partial charge in [-0.1, -0.05) is 30.3 Å². The van der Waals surface area contributed by atoms with Crippen molar-refractivity contribution in [1.82, 2.24) is 19.9 Å². The van der Waals surface area contributed by atoms with Gasteiger partial charge in [-0.15, -0.1) is 11.8 Å². The lowest BCUT2D eigenvalue weighted by Crippen LogP contribution is -2.04. The van der Waals surface area contributed by atoms with Crippen LogP contribution >= 0.6 is 11.8 Å². The zero-order valence-electron chi connectivity index (χ0n) is 12.7. The molecule has 0 fully saturated rings. The van der Waals surface area contributed by atoms with Crippen LogP contribution < -0.4 is 11.5 Å². The maximum atomic E-state index is 5.86. The van der Waals surface area contributed by atoms with Crippen LogP contribution in [0.5, 0.6) is 0 Å². The van der Waals surface area contributed by atoms with Gasteiger partial charge in [-0.2, -0.15) is 9.97 Å². The summed E-state index contributed by atoms with van der Waals surface area (Å²) in [5.74, 6) is 1.04. The van der Waals surface area contributed by atoms with Crippen LogP contribution in [0.15, 0.2) is 53.6 Å². The Morgan fingerprint density at radius 3 is 2.62 bits per heavy atom. The van der Waals surface area contributed by atoms with Crippen LogP contribution in [-0.4, -0.2) is 19.9 Å². The van der Waals surface area contributed by atoms with Crippen molar-refractivity contribution in [3.63, 3.8) is 0 Å². The van der Waals surface area contributed by atoms with Crippen molar-refractivity contribution in [2.75, 3.05) is 11.5 Å². The Labute approximate surface area is 142 Å². The summed E-state index contributed by atoms with van der Waals surface area (Å²) in [5, 5.41) is 2.45. The van der Waals surface area contributed by atoms with Crippen LogP contribution in [0.25, 0.3) is 21.9 Å². The Bertz CT molecular complexity index is 1050. The van der Waals surface area contributed by atoms with Crippen LogP contribution in [0.4, 0.5) is 11.8 Å². The van der Waals surface area contributed by atoms with Crippen molar-refractivity contribution in [1.29, 1.82) is 0 Å². The number of rotatable bonds is 3. The SMILES string of the molecule is Nc1nc(N)c2nc(CSc3ccc4ccccc4c3)cnc2n1. The van der Waals surface area contributed by atoms with Gasteiger partial charge in [0.1, 0.15) is 0 Å². The zero-order valence-corrected chi connectivity index (χ0v) is 13.5. The molecule has 4 N–H and O–H groups in total. The first-order chi connectivity index (χ1) is 11.7. The monoisotopic (exact) mass is 334 g/mol. The number of aromatic nitrogens is 4. The third-order valence-electron chi connectivity index (χ3n) is 3.61. The summed E-state index contributed by atoms with van der Waals surface area (Å²) in [5.41, 5.74) is 13.1. The van der Waals surface area contributed by atoms with Crippen molar-refractivity contribution < 1.29 is 0 Å². The fourth-order valence-electron chi connectivity index (χ4n) is 2.47. The van der Waals surface area contributed by atoms with Crippen LogP contribution in [-0.2, 0) is 5.75 Å². The molecule has 4 rings (SSSR count). The van der Waals surface area contributed by atoms with E-state index >= 15 is 0 Å². The first-order valence-electron chi connectivity index (χ1n) is 7.35. The molecule has 4 aromatic rings. The predicted octanol–water partition coefficient (Wildman–Crippen LogP) is 3.03. The first-order valence-corrected chi connectivity index (χ1v) is 8.34. The lowest BCUT2D eigenvalue weighted by molar-refractivity contribution is 1.11. The Balaban J connectivity index is 1.59. The third-order valence-corrected chi connectivity index (χ3v) is 4.64. The number of anilines is 2. The average Bonchev–Trinajstić information content (AvgIpc) is 2.60. The van der Waals surface area contributed by atoms with E-state index in [0.29, 0.717) is 16.9 Å². The Hall–Kier alpha value is -2.93. The van der Waals surface area contributed by atoms with Gasteiger partial charge in [0.25, 0.3) is 0 Å². The molecule has 6 nitrogen and oxygen atoms in total. The van der Waals surface area contributed by atoms with Crippen LogP contribution in [0, 0.1) is 0 Å². The average molecular weight is 334 g/mol. The van der Waals surface area contributed by atoms with Crippen molar-refractivity contribution >= 4 is 45.5 Å². The fourth-order valence-corrected chi connectivity index (χ4v) is 3.29. The van der Waals surface area contributed by atoms with E-state index in [9.17, 15) is 0 Å². The zero-order chi connectivity index (χ0) is 16.5. The molecule has 7 heteroatoms. The van der Waals surface area contributed by atoms with Gasteiger partial charge in [0, 0.05) is 10.6 Å². The number of hydrogen-bond donors (Lipinski definition) is 2. The number of thioether (sulfide) groups is 1. The lowest BCUT2D eigenvalue weighted by Gasteiger charge is -2.05. The van der Waals surface area contributed by atoms with Gasteiger partial charge >= 0.3 is 0 Å². The van der Waals surface area contributed by atoms with Crippen molar-refractivity contribution in [2.45, 2.75) is 10.6 Å². The molecule has 0 aliphatic carbocycles. The molecular formula is C17H14N6S. The lowest BCUT2D eigenvalue weighted by atomic mass is 10.1. The largest absolute Gasteiger partial charge is 0.382 e. The Kier molecular flexibility index (Phi) is 3.62. The Morgan fingerprint density at radius 1 is 0.917 bits per heavy atom. The number of fused-ring (bicyclic) bond motifs is 2. The normalized spacial score (nSPS) is 11.2. The molecule has 0 spiro atoms. The summed E-state index contributed by atoms with van der Waals surface area (Å²) >= 11 is 1.70. The first kappa shape index (κ1) is 14.6. The summed E-state index contributed by atoms with van der Waals surface area (Å²) in [6, 6.07) is 14.7. The summed E-state index contributed by atoms with van der Waals surface area (Å²) in [6.07, 6.45) is 1.70. The number of nitrogens with two attached hydrogens (primary N) is 2. The summed E-state index contributed by atoms with van der Waals surface area (Å²) in [6.45, 7) is 0. The quantitative estimate of drug-likeness (QED) is 0.555. The number of hydrogen-bond acceptors (Lipinski definition) is 7. The highest BCUT2D eigenvalue weighted by molar-refractivity contribution is 7.98. The highest BCUT2D eigenvalue weighted by Gasteiger charge is 2.08. The molecule has 0 bridgehead atoms. The molecule has 0 aliphatic rings. The van der Waals surface area contributed by atoms with Crippen LogP contribution in [0.2, 0.25) is 0 Å². The molecule has 0 saturated carbocycles. The van der Waals surface area contributed by atoms with Gasteiger partial charge in [0.05, 0.1) is 11.9 Å². The van der Waals surface area contributed by atoms with E-state index in [1.54, 1.807) is 18.0 Å². The molecule has 0 radical (unpaired) electrons. The van der Waals surface area contributed by atoms with E-state index in [4.69, 9.17) is 11.5 Å². The highest BCUT2D eigenvalue weighted by Crippen LogP contribution is 2.26. The van der Waals surface area contributed by atoms with Gasteiger partial charge in [0.2, 0.25) is 5.95 Å². The second-order valence-electron chi connectivity index (χ2n) is 5.30. The molecule has 24 heavy (non-hydrogen) atoms. The van der Waals surface area contributed by atoms with Crippen molar-refractivity contribution in [3.05, 3.63) is 54.4 Å². The van der Waals surface area contributed by atoms with E-state index < -0.39 is 0 Å². The van der Waals surface area contributed by atoms with Gasteiger partial charge in [-0.3, -0.25) is 0 Å². The minimum atomic E-state index is 0.104. The molecule has 2 aromatic heterocycles. The predicted molar refractivity (Wildman–Crippen MR) is 97.5 cm³/mol. The molecule has 2 aromatic carbocycles. The minimum Gasteiger partial charge on any atom is -0.382 e. The Morgan fingerprint density at radius 2 is 1.75 bits per heavy atom.